The molecule has 1 aromatic rings. The number of morpholine rings is 1. The maximum Gasteiger partial charge on any atom is 0.227 e. The van der Waals surface area contributed by atoms with Gasteiger partial charge in [-0.15, -0.1) is 0 Å². The summed E-state index contributed by atoms with van der Waals surface area (Å²) in [5.74, 6) is -0.419. The largest absolute Gasteiger partial charge is 0.378 e. The van der Waals surface area contributed by atoms with Crippen LogP contribution in [0.1, 0.15) is 6.42 Å². The van der Waals surface area contributed by atoms with Gasteiger partial charge in [0.25, 0.3) is 0 Å². The number of carbonyl (C=O) groups excluding carboxylic acids is 1. The zero-order valence-corrected chi connectivity index (χ0v) is 12.7. The predicted octanol–water partition coefficient (Wildman–Crippen LogP) is 2.33. The third kappa shape index (κ3) is 3.38. The number of azide groups is 1. The van der Waals surface area contributed by atoms with Gasteiger partial charge >= 0.3 is 0 Å². The number of hydrogen-bond acceptors (Lipinski definition) is 4. The fourth-order valence-electron chi connectivity index (χ4n) is 3.03. The Kier molecular flexibility index (Phi) is 4.64. The molecule has 1 atom stereocenters. The Hall–Kier alpha value is -2.31. The summed E-state index contributed by atoms with van der Waals surface area (Å²) in [6.07, 6.45) is 0.325. The average Bonchev–Trinajstić information content (AvgIpc) is 2.94. The van der Waals surface area contributed by atoms with Crippen molar-refractivity contribution in [3.8, 4) is 0 Å². The van der Waals surface area contributed by atoms with Crippen LogP contribution in [0.25, 0.3) is 10.4 Å². The molecule has 8 heteroatoms. The quantitative estimate of drug-likeness (QED) is 0.485. The maximum atomic E-state index is 14.4. The van der Waals surface area contributed by atoms with E-state index in [1.807, 2.05) is 4.90 Å². The standard InChI is InChI=1S/C15H18FN5O2/c16-13-8-12(1-2-14(13)20-3-5-23-6-4-20)21-10-11(7-15(21)22)9-18-19-17/h1-2,8,11H,3-7,9-10H2. The highest BCUT2D eigenvalue weighted by Gasteiger charge is 2.30. The summed E-state index contributed by atoms with van der Waals surface area (Å²) in [5.41, 5.74) is 9.45. The van der Waals surface area contributed by atoms with Gasteiger partial charge in [0.1, 0.15) is 5.82 Å². The van der Waals surface area contributed by atoms with E-state index in [0.717, 1.165) is 0 Å². The fraction of sp³-hybridized carbons (Fsp3) is 0.533. The summed E-state index contributed by atoms with van der Waals surface area (Å²) in [6, 6.07) is 4.88. The molecule has 0 aliphatic carbocycles. The van der Waals surface area contributed by atoms with E-state index < -0.39 is 0 Å². The molecular formula is C15H18FN5O2. The second-order valence-corrected chi connectivity index (χ2v) is 5.72. The van der Waals surface area contributed by atoms with Crippen LogP contribution in [0.4, 0.5) is 15.8 Å². The molecular weight excluding hydrogens is 301 g/mol. The van der Waals surface area contributed by atoms with Crippen LogP contribution < -0.4 is 9.80 Å². The summed E-state index contributed by atoms with van der Waals surface area (Å²) >= 11 is 0. The normalized spacial score (nSPS) is 21.4. The highest BCUT2D eigenvalue weighted by Crippen LogP contribution is 2.30. The van der Waals surface area contributed by atoms with Gasteiger partial charge in [0.05, 0.1) is 18.9 Å². The molecule has 2 saturated heterocycles. The SMILES string of the molecule is [N-]=[N+]=NCC1CC(=O)N(c2ccc(N3CCOCC3)c(F)c2)C1. The molecule has 2 aliphatic rings. The minimum atomic E-state index is -0.337. The molecule has 0 aromatic heterocycles. The molecule has 122 valence electrons. The number of ether oxygens (including phenoxy) is 1. The molecule has 0 N–H and O–H groups in total. The number of hydrogen-bond donors (Lipinski definition) is 0. The molecule has 2 aliphatic heterocycles. The number of amides is 1. The molecule has 1 amide bonds. The third-order valence-electron chi connectivity index (χ3n) is 4.20. The van der Waals surface area contributed by atoms with Crippen LogP contribution in [0.15, 0.2) is 23.3 Å². The van der Waals surface area contributed by atoms with Crippen LogP contribution in [-0.2, 0) is 9.53 Å². The van der Waals surface area contributed by atoms with Gasteiger partial charge < -0.3 is 14.5 Å². The highest BCUT2D eigenvalue weighted by atomic mass is 19.1. The van der Waals surface area contributed by atoms with Gasteiger partial charge in [-0.2, -0.15) is 0 Å². The fourth-order valence-corrected chi connectivity index (χ4v) is 3.03. The van der Waals surface area contributed by atoms with Crippen LogP contribution in [0, 0.1) is 11.7 Å². The van der Waals surface area contributed by atoms with Crippen LogP contribution in [0.5, 0.6) is 0 Å². The van der Waals surface area contributed by atoms with Crippen LogP contribution in [0.2, 0.25) is 0 Å². The topological polar surface area (TPSA) is 81.5 Å². The van der Waals surface area contributed by atoms with Gasteiger partial charge in [0, 0.05) is 43.2 Å². The van der Waals surface area contributed by atoms with Gasteiger partial charge in [-0.25, -0.2) is 4.39 Å². The molecule has 1 unspecified atom stereocenters. The number of rotatable bonds is 4. The summed E-state index contributed by atoms with van der Waals surface area (Å²) in [4.78, 5) is 18.3. The summed E-state index contributed by atoms with van der Waals surface area (Å²) in [5, 5.41) is 3.52. The Bertz CT molecular complexity index is 641. The van der Waals surface area contributed by atoms with E-state index >= 15 is 0 Å². The van der Waals surface area contributed by atoms with E-state index in [1.165, 1.54) is 6.07 Å². The van der Waals surface area contributed by atoms with Gasteiger partial charge in [-0.1, -0.05) is 5.11 Å². The molecule has 7 nitrogen and oxygen atoms in total. The third-order valence-corrected chi connectivity index (χ3v) is 4.20. The van der Waals surface area contributed by atoms with Crippen molar-refractivity contribution < 1.29 is 13.9 Å². The zero-order valence-electron chi connectivity index (χ0n) is 12.7. The Morgan fingerprint density at radius 1 is 1.39 bits per heavy atom. The van der Waals surface area contributed by atoms with Crippen molar-refractivity contribution in [2.24, 2.45) is 11.0 Å². The number of carbonyl (C=O) groups is 1. The van der Waals surface area contributed by atoms with E-state index in [1.54, 1.807) is 17.0 Å². The van der Waals surface area contributed by atoms with Gasteiger partial charge in [0.15, 0.2) is 0 Å². The van der Waals surface area contributed by atoms with Gasteiger partial charge in [0.2, 0.25) is 5.91 Å². The van der Waals surface area contributed by atoms with Crippen LogP contribution in [-0.4, -0.2) is 45.3 Å². The van der Waals surface area contributed by atoms with E-state index in [2.05, 4.69) is 10.0 Å². The molecule has 2 heterocycles. The molecule has 0 saturated carbocycles. The van der Waals surface area contributed by atoms with Gasteiger partial charge in [-0.05, 0) is 29.6 Å². The highest BCUT2D eigenvalue weighted by molar-refractivity contribution is 5.95. The first-order valence-corrected chi connectivity index (χ1v) is 7.62. The predicted molar refractivity (Wildman–Crippen MR) is 83.9 cm³/mol. The smallest absolute Gasteiger partial charge is 0.227 e. The first-order chi connectivity index (χ1) is 11.2. The first kappa shape index (κ1) is 15.6. The lowest BCUT2D eigenvalue weighted by molar-refractivity contribution is -0.117. The number of halogens is 1. The van der Waals surface area contributed by atoms with Crippen molar-refractivity contribution in [2.75, 3.05) is 49.2 Å². The number of nitrogens with zero attached hydrogens (tertiary/aromatic N) is 5. The molecule has 0 radical (unpaired) electrons. The summed E-state index contributed by atoms with van der Waals surface area (Å²) < 4.78 is 19.7. The minimum Gasteiger partial charge on any atom is -0.378 e. The molecule has 23 heavy (non-hydrogen) atoms. The lowest BCUT2D eigenvalue weighted by Crippen LogP contribution is -2.36. The number of anilines is 2. The molecule has 1 aromatic carbocycles. The van der Waals surface area contributed by atoms with Crippen molar-refractivity contribution in [1.82, 2.24) is 0 Å². The Labute approximate surface area is 133 Å². The maximum absolute atomic E-state index is 14.4. The van der Waals surface area contributed by atoms with Crippen LogP contribution >= 0.6 is 0 Å². The molecule has 3 rings (SSSR count). The average molecular weight is 319 g/mol. The second kappa shape index (κ2) is 6.85. The zero-order chi connectivity index (χ0) is 16.2. The second-order valence-electron chi connectivity index (χ2n) is 5.72. The lowest BCUT2D eigenvalue weighted by Gasteiger charge is -2.29. The van der Waals surface area contributed by atoms with E-state index in [4.69, 9.17) is 10.3 Å². The molecule has 2 fully saturated rings. The van der Waals surface area contributed by atoms with E-state index in [9.17, 15) is 9.18 Å². The Balaban J connectivity index is 1.74. The first-order valence-electron chi connectivity index (χ1n) is 7.62. The van der Waals surface area contributed by atoms with E-state index in [-0.39, 0.29) is 24.2 Å². The van der Waals surface area contributed by atoms with E-state index in [0.29, 0.717) is 50.6 Å². The summed E-state index contributed by atoms with van der Waals surface area (Å²) in [6.45, 7) is 3.24. The van der Waals surface area contributed by atoms with Crippen molar-refractivity contribution in [3.05, 3.63) is 34.5 Å². The van der Waals surface area contributed by atoms with Crippen LogP contribution in [0.3, 0.4) is 0 Å². The monoisotopic (exact) mass is 319 g/mol. The van der Waals surface area contributed by atoms with Gasteiger partial charge in [-0.3, -0.25) is 4.79 Å². The molecule has 0 bridgehead atoms. The van der Waals surface area contributed by atoms with Crippen molar-refractivity contribution >= 4 is 17.3 Å². The Morgan fingerprint density at radius 3 is 2.87 bits per heavy atom. The molecule has 0 spiro atoms. The Morgan fingerprint density at radius 2 is 2.17 bits per heavy atom. The van der Waals surface area contributed by atoms with Crippen molar-refractivity contribution in [1.29, 1.82) is 0 Å². The lowest BCUT2D eigenvalue weighted by atomic mass is 10.1. The van der Waals surface area contributed by atoms with Crippen molar-refractivity contribution in [2.45, 2.75) is 6.42 Å². The summed E-state index contributed by atoms with van der Waals surface area (Å²) in [7, 11) is 0. The minimum absolute atomic E-state index is 0.0135. The van der Waals surface area contributed by atoms with Crippen molar-refractivity contribution in [3.63, 3.8) is 0 Å². The number of benzene rings is 1.